The molecule has 0 aliphatic rings. The molecule has 2 heterocycles. The minimum Gasteiger partial charge on any atom is -1.00 e. The fourth-order valence-corrected chi connectivity index (χ4v) is 6.78. The number of nitrogens with one attached hydrogen (secondary N) is 2. The van der Waals surface area contributed by atoms with E-state index in [9.17, 15) is 20.4 Å². The molecule has 0 bridgehead atoms. The molecule has 8 rings (SSSR count). The Bertz CT molecular complexity index is 2390. The molecule has 6 aromatic carbocycles. The fraction of sp³-hybridized carbons (Fsp3) is 0.0980. The molecule has 8 N–H and O–H groups in total. The van der Waals surface area contributed by atoms with Gasteiger partial charge in [0.05, 0.1) is 27.6 Å². The maximum Gasteiger partial charge on any atom is 0.215 e. The molecule has 8 aromatic rings. The molecule has 0 spiro atoms. The molecule has 0 fully saturated rings. The molecular weight excluding hydrogens is 951 g/mol. The topological polar surface area (TPSA) is 141 Å². The van der Waals surface area contributed by atoms with Crippen LogP contribution in [0.2, 0.25) is 0 Å². The Balaban J connectivity index is 0.000000297. The molecule has 0 saturated heterocycles. The van der Waals surface area contributed by atoms with Crippen molar-refractivity contribution in [2.24, 2.45) is 0 Å². The van der Waals surface area contributed by atoms with Crippen molar-refractivity contribution >= 4 is 23.2 Å². The average molecular weight is 1000 g/mol. The number of benzene rings is 6. The Kier molecular flexibility index (Phi) is 19.2. The molecule has 2 aromatic heterocycles. The second-order valence-electron chi connectivity index (χ2n) is 14.3. The van der Waals surface area contributed by atoms with Gasteiger partial charge in [-0.15, -0.1) is 23.2 Å². The molecule has 0 aliphatic carbocycles. The van der Waals surface area contributed by atoms with Gasteiger partial charge in [-0.25, -0.2) is 9.97 Å². The molecule has 0 aliphatic heterocycles. The smallest absolute Gasteiger partial charge is 0.215 e. The number of H-pyrrole nitrogens is 2. The summed E-state index contributed by atoms with van der Waals surface area (Å²) in [6, 6.07) is 50.5. The van der Waals surface area contributed by atoms with Crippen LogP contribution < -0.4 is 43.9 Å². The number of hydrogen-bond acceptors (Lipinski definition) is 4. The lowest BCUT2D eigenvalue weighted by Crippen LogP contribution is -3.00. The van der Waals surface area contributed by atoms with E-state index in [-0.39, 0.29) is 67.8 Å². The lowest BCUT2D eigenvalue weighted by Gasteiger charge is -2.08. The van der Waals surface area contributed by atoms with Crippen molar-refractivity contribution in [2.75, 3.05) is 5.34 Å². The van der Waals surface area contributed by atoms with Gasteiger partial charge in [0, 0.05) is 24.3 Å². The predicted octanol–water partition coefficient (Wildman–Crippen LogP) is 5.66. The van der Waals surface area contributed by atoms with Gasteiger partial charge in [-0.3, -0.25) is 0 Å². The van der Waals surface area contributed by atoms with Crippen LogP contribution in [-0.4, -0.2) is 31.2 Å². The summed E-state index contributed by atoms with van der Waals surface area (Å²) in [5.74, 6) is 0.857. The summed E-state index contributed by atoms with van der Waals surface area (Å²) >= 11 is 9.53. The van der Waals surface area contributed by atoms with Crippen molar-refractivity contribution in [1.82, 2.24) is 0 Å². The number of halogens is 4. The summed E-state index contributed by atoms with van der Waals surface area (Å²) in [6.45, 7) is 7.99. The largest absolute Gasteiger partial charge is 1.00 e. The van der Waals surface area contributed by atoms with Crippen LogP contribution >= 0.6 is 23.2 Å². The van der Waals surface area contributed by atoms with E-state index in [4.69, 9.17) is 23.2 Å². The number of phenolic OH excluding ortho intramolecular Hbond substituents is 4. The fourth-order valence-electron chi connectivity index (χ4n) is 6.78. The summed E-state index contributed by atoms with van der Waals surface area (Å²) in [4.78, 5) is 6.81. The van der Waals surface area contributed by atoms with Gasteiger partial charge in [-0.2, -0.15) is 0 Å². The quantitative estimate of drug-likeness (QED) is 0.160. The second-order valence-corrected chi connectivity index (χ2v) is 15.1. The molecule has 11 heteroatoms. The molecule has 320 valence electrons. The molecule has 7 nitrogen and oxygen atoms in total. The third-order valence-corrected chi connectivity index (χ3v) is 9.72. The zero-order chi connectivity index (χ0) is 42.1. The minimum atomic E-state index is 0. The maximum atomic E-state index is 10.4. The number of pyridine rings is 2. The maximum absolute atomic E-state index is 10.4. The van der Waals surface area contributed by atoms with Crippen molar-refractivity contribution in [2.45, 2.75) is 27.7 Å². The van der Waals surface area contributed by atoms with Crippen molar-refractivity contribution in [3.05, 3.63) is 180 Å². The Morgan fingerprint density at radius 1 is 0.355 bits per heavy atom. The highest BCUT2D eigenvalue weighted by Gasteiger charge is 2.21. The van der Waals surface area contributed by atoms with Gasteiger partial charge in [0.2, 0.25) is 22.8 Å². The number of aromatic hydroxyl groups is 4. The van der Waals surface area contributed by atoms with E-state index in [2.05, 4.69) is 34.2 Å². The Labute approximate surface area is 393 Å². The monoisotopic (exact) mass is 996 g/mol. The summed E-state index contributed by atoms with van der Waals surface area (Å²) in [5, 5.41) is 42.0. The van der Waals surface area contributed by atoms with Crippen LogP contribution in [0.25, 0.3) is 67.3 Å². The van der Waals surface area contributed by atoms with E-state index in [1.807, 2.05) is 137 Å². The number of rotatable bonds is 6. The molecule has 0 radical (unpaired) electrons. The molecule has 62 heavy (non-hydrogen) atoms. The highest BCUT2D eigenvalue weighted by atomic mass is 79.9. The lowest BCUT2D eigenvalue weighted by molar-refractivity contribution is -0.351. The van der Waals surface area contributed by atoms with Crippen LogP contribution in [0.5, 0.6) is 23.0 Å². The number of aryl methyl sites for hydroxylation is 4. The van der Waals surface area contributed by atoms with Gasteiger partial charge >= 0.3 is 0 Å². The number of phenols is 4. The highest BCUT2D eigenvalue weighted by Crippen LogP contribution is 2.36. The zero-order valence-electron chi connectivity index (χ0n) is 34.5. The van der Waals surface area contributed by atoms with Crippen molar-refractivity contribution in [3.63, 3.8) is 0 Å². The number of aromatic nitrogens is 2. The van der Waals surface area contributed by atoms with Gasteiger partial charge in [0.1, 0.15) is 23.0 Å². The Hall–Kier alpha value is -5.68. The van der Waals surface area contributed by atoms with E-state index in [1.54, 1.807) is 24.3 Å². The van der Waals surface area contributed by atoms with Crippen LogP contribution in [0.4, 0.5) is 0 Å². The van der Waals surface area contributed by atoms with E-state index < -0.39 is 0 Å². The van der Waals surface area contributed by atoms with Gasteiger partial charge < -0.3 is 59.9 Å². The standard InChI is InChI=1S/2C25H21NO2.CH2Cl2.2BrH.H2O/c2*1-16-8-10-24(27)20(12-16)22-14-19(18-6-4-3-5-7-18)15-23(26-22)21-13-17(2)9-11-25(21)28;2-1-3;;;/h2*3-15,27-28H,1-2H3;1H2;2*1H;1H2. The lowest BCUT2D eigenvalue weighted by atomic mass is 9.98. The van der Waals surface area contributed by atoms with Crippen molar-refractivity contribution < 1.29 is 69.8 Å². The SMILES string of the molecule is Cc1ccc(O)c(-c2cc(-c3ccccc3)cc(-c3cc(C)ccc3O)[nH+]2)c1.Cc1ccc(O)c(-c2cc(-c3ccccc3)cc(-c3cc(C)ccc3O)[nH+]2)c1.ClCCl.O.[Br-].[Br-]. The third kappa shape index (κ3) is 12.7. The Morgan fingerprint density at radius 3 is 0.806 bits per heavy atom. The van der Waals surface area contributed by atoms with Crippen molar-refractivity contribution in [3.8, 4) is 90.3 Å². The van der Waals surface area contributed by atoms with Gasteiger partial charge in [0.25, 0.3) is 0 Å². The van der Waals surface area contributed by atoms with Crippen LogP contribution in [0.15, 0.2) is 158 Å². The van der Waals surface area contributed by atoms with Crippen LogP contribution in [-0.2, 0) is 0 Å². The Morgan fingerprint density at radius 2 is 0.581 bits per heavy atom. The van der Waals surface area contributed by atoms with E-state index in [0.29, 0.717) is 0 Å². The van der Waals surface area contributed by atoms with Gasteiger partial charge in [0.15, 0.2) is 0 Å². The van der Waals surface area contributed by atoms with Crippen molar-refractivity contribution in [1.29, 1.82) is 0 Å². The van der Waals surface area contributed by atoms with Crippen LogP contribution in [0.1, 0.15) is 22.3 Å². The second kappa shape index (κ2) is 23.5. The predicted molar refractivity (Wildman–Crippen MR) is 244 cm³/mol. The highest BCUT2D eigenvalue weighted by molar-refractivity contribution is 6.40. The summed E-state index contributed by atoms with van der Waals surface area (Å²) in [5.41, 5.74) is 14.5. The average Bonchev–Trinajstić information content (AvgIpc) is 3.25. The minimum absolute atomic E-state index is 0. The third-order valence-electron chi connectivity index (χ3n) is 9.72. The number of aromatic amines is 2. The molecular formula is C51H48Br2Cl2N2O5. The van der Waals surface area contributed by atoms with Gasteiger partial charge in [-0.1, -0.05) is 107 Å². The van der Waals surface area contributed by atoms with Crippen LogP contribution in [0, 0.1) is 27.7 Å². The summed E-state index contributed by atoms with van der Waals surface area (Å²) in [7, 11) is 0. The normalized spacial score (nSPS) is 10.0. The molecule has 0 amide bonds. The summed E-state index contributed by atoms with van der Waals surface area (Å²) in [6.07, 6.45) is 0. The first kappa shape index (κ1) is 50.7. The number of alkyl halides is 2. The molecule has 0 unspecified atom stereocenters. The first-order valence-corrected chi connectivity index (χ1v) is 20.1. The van der Waals surface area contributed by atoms with Gasteiger partial charge in [-0.05, 0) is 98.5 Å². The van der Waals surface area contributed by atoms with Crippen LogP contribution in [0.3, 0.4) is 0 Å². The summed E-state index contributed by atoms with van der Waals surface area (Å²) < 4.78 is 0. The number of hydrogen-bond donors (Lipinski definition) is 4. The zero-order valence-corrected chi connectivity index (χ0v) is 39.2. The van der Waals surface area contributed by atoms with E-state index >= 15 is 0 Å². The molecule has 0 saturated carbocycles. The first-order chi connectivity index (χ1) is 28.4. The molecule has 0 atom stereocenters. The van der Waals surface area contributed by atoms with E-state index in [0.717, 1.165) is 89.5 Å². The van der Waals surface area contributed by atoms with E-state index in [1.165, 1.54) is 0 Å². The first-order valence-electron chi connectivity index (χ1n) is 19.0.